The third kappa shape index (κ3) is 2.34. The molecule has 0 radical (unpaired) electrons. The molecule has 1 aromatic heterocycles. The minimum atomic E-state index is 0.202. The highest BCUT2D eigenvalue weighted by atomic mass is 15.3. The number of piperazine rings is 3. The van der Waals surface area contributed by atoms with Gasteiger partial charge in [0, 0.05) is 63.1 Å². The molecule has 0 saturated carbocycles. The Bertz CT molecular complexity index is 359. The minimum Gasteiger partial charge on any atom is -0.326 e. The van der Waals surface area contributed by atoms with Crippen molar-refractivity contribution < 1.29 is 0 Å². The maximum Gasteiger partial charge on any atom is 0.0419 e. The quantitative estimate of drug-likeness (QED) is 0.794. The Labute approximate surface area is 102 Å². The highest BCUT2D eigenvalue weighted by Gasteiger charge is 2.35. The number of fused-ring (bicyclic) bond motifs is 3. The second-order valence-corrected chi connectivity index (χ2v) is 5.09. The van der Waals surface area contributed by atoms with Crippen molar-refractivity contribution in [3.8, 4) is 0 Å². The third-order valence-electron chi connectivity index (χ3n) is 3.99. The summed E-state index contributed by atoms with van der Waals surface area (Å²) in [5.41, 5.74) is 7.47. The van der Waals surface area contributed by atoms with E-state index < -0.39 is 0 Å². The summed E-state index contributed by atoms with van der Waals surface area (Å²) in [6, 6.07) is 6.77. The van der Waals surface area contributed by atoms with Crippen molar-refractivity contribution in [2.75, 3.05) is 32.7 Å². The highest BCUT2D eigenvalue weighted by molar-refractivity contribution is 5.07. The molecule has 4 nitrogen and oxygen atoms in total. The first kappa shape index (κ1) is 11.1. The number of hydrogen-bond donors (Lipinski definition) is 1. The molecule has 0 aromatic carbocycles. The second kappa shape index (κ2) is 4.72. The van der Waals surface area contributed by atoms with Crippen molar-refractivity contribution in [2.45, 2.75) is 18.5 Å². The Hall–Kier alpha value is -0.970. The molecular formula is C13H20N4. The van der Waals surface area contributed by atoms with Crippen molar-refractivity contribution in [2.24, 2.45) is 5.73 Å². The first-order valence-electron chi connectivity index (χ1n) is 6.45. The van der Waals surface area contributed by atoms with Gasteiger partial charge in [-0.05, 0) is 12.1 Å². The molecule has 2 atom stereocenters. The van der Waals surface area contributed by atoms with Crippen LogP contribution in [0.3, 0.4) is 0 Å². The number of nitrogens with zero attached hydrogens (tertiary/aromatic N) is 3. The predicted molar refractivity (Wildman–Crippen MR) is 67.7 cm³/mol. The predicted octanol–water partition coefficient (Wildman–Crippen LogP) is -0.0488. The van der Waals surface area contributed by atoms with E-state index in [2.05, 4.69) is 20.9 Å². The van der Waals surface area contributed by atoms with Gasteiger partial charge in [-0.15, -0.1) is 0 Å². The van der Waals surface area contributed by atoms with Crippen LogP contribution in [0.15, 0.2) is 24.4 Å². The van der Waals surface area contributed by atoms with Crippen LogP contribution in [0.1, 0.15) is 5.69 Å². The Kier molecular flexibility index (Phi) is 3.09. The van der Waals surface area contributed by atoms with E-state index in [-0.39, 0.29) is 6.04 Å². The van der Waals surface area contributed by atoms with Crippen LogP contribution >= 0.6 is 0 Å². The molecule has 17 heavy (non-hydrogen) atoms. The molecule has 0 spiro atoms. The van der Waals surface area contributed by atoms with Crippen LogP contribution in [0.2, 0.25) is 0 Å². The molecule has 1 aromatic rings. The zero-order chi connectivity index (χ0) is 11.7. The van der Waals surface area contributed by atoms with E-state index in [1.807, 2.05) is 18.3 Å². The van der Waals surface area contributed by atoms with Crippen LogP contribution in [0.5, 0.6) is 0 Å². The maximum absolute atomic E-state index is 6.36. The van der Waals surface area contributed by atoms with E-state index >= 15 is 0 Å². The van der Waals surface area contributed by atoms with Crippen molar-refractivity contribution in [3.63, 3.8) is 0 Å². The van der Waals surface area contributed by atoms with Crippen molar-refractivity contribution in [1.82, 2.24) is 14.8 Å². The molecule has 3 fully saturated rings. The van der Waals surface area contributed by atoms with Gasteiger partial charge < -0.3 is 5.73 Å². The van der Waals surface area contributed by atoms with E-state index in [1.165, 1.54) is 26.2 Å². The van der Waals surface area contributed by atoms with Crippen LogP contribution in [-0.2, 0) is 6.42 Å². The molecule has 3 saturated heterocycles. The van der Waals surface area contributed by atoms with Gasteiger partial charge in [-0.3, -0.25) is 14.8 Å². The first-order valence-corrected chi connectivity index (χ1v) is 6.45. The fraction of sp³-hybridized carbons (Fsp3) is 0.615. The van der Waals surface area contributed by atoms with Crippen LogP contribution in [0, 0.1) is 0 Å². The number of rotatable bonds is 3. The molecule has 4 rings (SSSR count). The van der Waals surface area contributed by atoms with Gasteiger partial charge in [0.2, 0.25) is 0 Å². The smallest absolute Gasteiger partial charge is 0.0419 e. The molecule has 0 amide bonds. The molecule has 92 valence electrons. The first-order chi connectivity index (χ1) is 8.33. The third-order valence-corrected chi connectivity index (χ3v) is 3.99. The Morgan fingerprint density at radius 1 is 1.29 bits per heavy atom. The van der Waals surface area contributed by atoms with Gasteiger partial charge in [0.05, 0.1) is 0 Å². The summed E-state index contributed by atoms with van der Waals surface area (Å²) in [5, 5.41) is 0. The van der Waals surface area contributed by atoms with Crippen molar-refractivity contribution in [3.05, 3.63) is 30.1 Å². The van der Waals surface area contributed by atoms with Gasteiger partial charge in [-0.1, -0.05) is 6.07 Å². The average Bonchev–Trinajstić information content (AvgIpc) is 2.41. The van der Waals surface area contributed by atoms with Crippen LogP contribution < -0.4 is 5.73 Å². The Morgan fingerprint density at radius 3 is 2.71 bits per heavy atom. The van der Waals surface area contributed by atoms with Gasteiger partial charge in [-0.25, -0.2) is 0 Å². The largest absolute Gasteiger partial charge is 0.326 e. The lowest BCUT2D eigenvalue weighted by Crippen LogP contribution is -2.66. The van der Waals surface area contributed by atoms with Gasteiger partial charge in [-0.2, -0.15) is 0 Å². The fourth-order valence-corrected chi connectivity index (χ4v) is 2.96. The van der Waals surface area contributed by atoms with Crippen LogP contribution in [-0.4, -0.2) is 59.6 Å². The molecule has 2 N–H and O–H groups in total. The van der Waals surface area contributed by atoms with E-state index in [0.717, 1.165) is 18.7 Å². The molecule has 2 unspecified atom stereocenters. The monoisotopic (exact) mass is 232 g/mol. The topological polar surface area (TPSA) is 45.4 Å². The molecular weight excluding hydrogens is 212 g/mol. The van der Waals surface area contributed by atoms with E-state index in [9.17, 15) is 0 Å². The zero-order valence-corrected chi connectivity index (χ0v) is 10.1. The molecule has 3 aliphatic heterocycles. The van der Waals surface area contributed by atoms with E-state index in [4.69, 9.17) is 5.73 Å². The van der Waals surface area contributed by atoms with Gasteiger partial charge in [0.1, 0.15) is 0 Å². The van der Waals surface area contributed by atoms with Crippen molar-refractivity contribution >= 4 is 0 Å². The van der Waals surface area contributed by atoms with E-state index in [1.54, 1.807) is 0 Å². The molecule has 4 heterocycles. The summed E-state index contributed by atoms with van der Waals surface area (Å²) in [6.45, 7) is 5.93. The lowest BCUT2D eigenvalue weighted by atomic mass is 9.97. The maximum atomic E-state index is 6.36. The molecule has 3 aliphatic rings. The summed E-state index contributed by atoms with van der Waals surface area (Å²) < 4.78 is 0. The Morgan fingerprint density at radius 2 is 2.12 bits per heavy atom. The SMILES string of the molecule is NC(Cc1ccccn1)C1CN2CCN1CC2. The van der Waals surface area contributed by atoms with E-state index in [0.29, 0.717) is 6.04 Å². The number of aromatic nitrogens is 1. The zero-order valence-electron chi connectivity index (χ0n) is 10.1. The van der Waals surface area contributed by atoms with Gasteiger partial charge in [0.25, 0.3) is 0 Å². The highest BCUT2D eigenvalue weighted by Crippen LogP contribution is 2.18. The molecule has 4 heteroatoms. The average molecular weight is 232 g/mol. The normalized spacial score (nSPS) is 33.6. The lowest BCUT2D eigenvalue weighted by Gasteiger charge is -2.49. The number of hydrogen-bond acceptors (Lipinski definition) is 4. The molecule has 2 bridgehead atoms. The van der Waals surface area contributed by atoms with Crippen LogP contribution in [0.25, 0.3) is 0 Å². The van der Waals surface area contributed by atoms with Gasteiger partial charge >= 0.3 is 0 Å². The Balaban J connectivity index is 1.64. The minimum absolute atomic E-state index is 0.202. The van der Waals surface area contributed by atoms with Crippen LogP contribution in [0.4, 0.5) is 0 Å². The summed E-state index contributed by atoms with van der Waals surface area (Å²) in [6.07, 6.45) is 2.73. The van der Waals surface area contributed by atoms with Crippen molar-refractivity contribution in [1.29, 1.82) is 0 Å². The standard InChI is InChI=1S/C13H20N4/c14-12(9-11-3-1-2-4-15-11)13-10-16-5-7-17(13)8-6-16/h1-4,12-13H,5-10,14H2. The number of nitrogens with two attached hydrogens (primary N) is 1. The lowest BCUT2D eigenvalue weighted by molar-refractivity contribution is 0.00247. The molecule has 0 aliphatic carbocycles. The van der Waals surface area contributed by atoms with Gasteiger partial charge in [0.15, 0.2) is 0 Å². The second-order valence-electron chi connectivity index (χ2n) is 5.09. The summed E-state index contributed by atoms with van der Waals surface area (Å²) in [5.74, 6) is 0. The summed E-state index contributed by atoms with van der Waals surface area (Å²) in [7, 11) is 0. The fourth-order valence-electron chi connectivity index (χ4n) is 2.96. The number of pyridine rings is 1. The summed E-state index contributed by atoms with van der Waals surface area (Å²) in [4.78, 5) is 9.44. The summed E-state index contributed by atoms with van der Waals surface area (Å²) >= 11 is 0.